The summed E-state index contributed by atoms with van der Waals surface area (Å²) in [5.74, 6) is -0.320. The summed E-state index contributed by atoms with van der Waals surface area (Å²) in [6.45, 7) is 0.906. The number of pyridine rings is 1. The Morgan fingerprint density at radius 3 is 2.48 bits per heavy atom. The van der Waals surface area contributed by atoms with Crippen LogP contribution in [0.1, 0.15) is 17.5 Å². The number of rotatable bonds is 8. The van der Waals surface area contributed by atoms with E-state index in [0.717, 1.165) is 17.4 Å². The molecule has 0 aliphatic carbocycles. The first-order valence-corrected chi connectivity index (χ1v) is 10.4. The molecular formula is C18H21ClN2O3S. The van der Waals surface area contributed by atoms with Gasteiger partial charge in [0.25, 0.3) is 0 Å². The summed E-state index contributed by atoms with van der Waals surface area (Å²) in [4.78, 5) is 18.2. The fraction of sp³-hybridized carbons (Fsp3) is 0.333. The van der Waals surface area contributed by atoms with Crippen LogP contribution < -0.4 is 0 Å². The first-order valence-electron chi connectivity index (χ1n) is 7.92. The molecule has 1 amide bonds. The minimum absolute atomic E-state index is 0.0142. The Bertz CT molecular complexity index is 793. The van der Waals surface area contributed by atoms with Crippen molar-refractivity contribution in [1.82, 2.24) is 9.88 Å². The van der Waals surface area contributed by atoms with Crippen LogP contribution >= 0.6 is 11.6 Å². The van der Waals surface area contributed by atoms with Gasteiger partial charge in [0.15, 0.2) is 0 Å². The van der Waals surface area contributed by atoms with E-state index in [1.807, 2.05) is 36.4 Å². The van der Waals surface area contributed by atoms with Gasteiger partial charge in [0.05, 0.1) is 5.75 Å². The van der Waals surface area contributed by atoms with E-state index in [4.69, 9.17) is 11.6 Å². The van der Waals surface area contributed by atoms with Gasteiger partial charge < -0.3 is 4.90 Å². The number of amides is 1. The molecule has 134 valence electrons. The predicted molar refractivity (Wildman–Crippen MR) is 99.1 cm³/mol. The maximum atomic E-state index is 12.5. The van der Waals surface area contributed by atoms with E-state index in [9.17, 15) is 13.2 Å². The Hall–Kier alpha value is -1.92. The van der Waals surface area contributed by atoms with Crippen molar-refractivity contribution in [1.29, 1.82) is 0 Å². The molecule has 1 aromatic heterocycles. The molecule has 0 aliphatic heterocycles. The van der Waals surface area contributed by atoms with E-state index in [1.165, 1.54) is 0 Å². The Morgan fingerprint density at radius 1 is 1.16 bits per heavy atom. The van der Waals surface area contributed by atoms with E-state index in [1.54, 1.807) is 17.3 Å². The van der Waals surface area contributed by atoms with E-state index in [2.05, 4.69) is 4.98 Å². The van der Waals surface area contributed by atoms with Crippen LogP contribution in [0, 0.1) is 0 Å². The molecule has 25 heavy (non-hydrogen) atoms. The minimum atomic E-state index is -3.17. The van der Waals surface area contributed by atoms with Gasteiger partial charge in [0, 0.05) is 43.2 Å². The fourth-order valence-electron chi connectivity index (χ4n) is 2.35. The van der Waals surface area contributed by atoms with E-state index in [-0.39, 0.29) is 18.1 Å². The van der Waals surface area contributed by atoms with Crippen molar-refractivity contribution in [2.45, 2.75) is 19.4 Å². The number of halogens is 1. The lowest BCUT2D eigenvalue weighted by Gasteiger charge is -2.23. The third-order valence-electron chi connectivity index (χ3n) is 3.72. The smallest absolute Gasteiger partial charge is 0.223 e. The van der Waals surface area contributed by atoms with Gasteiger partial charge in [-0.1, -0.05) is 29.8 Å². The van der Waals surface area contributed by atoms with Crippen molar-refractivity contribution in [2.75, 3.05) is 18.6 Å². The molecule has 0 unspecified atom stereocenters. The maximum Gasteiger partial charge on any atom is 0.223 e. The van der Waals surface area contributed by atoms with Gasteiger partial charge in [-0.25, -0.2) is 8.42 Å². The summed E-state index contributed by atoms with van der Waals surface area (Å²) in [7, 11) is -3.17. The summed E-state index contributed by atoms with van der Waals surface area (Å²) in [5.41, 5.74) is 1.97. The van der Waals surface area contributed by atoms with Gasteiger partial charge in [-0.15, -0.1) is 0 Å². The van der Waals surface area contributed by atoms with Gasteiger partial charge in [-0.3, -0.25) is 9.78 Å². The number of aromatic nitrogens is 1. The molecule has 7 heteroatoms. The summed E-state index contributed by atoms with van der Waals surface area (Å²) in [5, 5.41) is 0.667. The van der Waals surface area contributed by atoms with Crippen molar-refractivity contribution in [2.24, 2.45) is 0 Å². The monoisotopic (exact) mass is 380 g/mol. The summed E-state index contributed by atoms with van der Waals surface area (Å²) >= 11 is 5.89. The highest BCUT2D eigenvalue weighted by molar-refractivity contribution is 7.90. The molecule has 0 radical (unpaired) electrons. The molecule has 5 nitrogen and oxygen atoms in total. The van der Waals surface area contributed by atoms with Crippen LogP contribution in [0.25, 0.3) is 0 Å². The molecule has 2 aromatic rings. The van der Waals surface area contributed by atoms with Gasteiger partial charge in [-0.05, 0) is 35.7 Å². The molecule has 0 saturated carbocycles. The van der Waals surface area contributed by atoms with Crippen LogP contribution in [0.5, 0.6) is 0 Å². The highest BCUT2D eigenvalue weighted by Gasteiger charge is 2.16. The van der Waals surface area contributed by atoms with Gasteiger partial charge >= 0.3 is 0 Å². The first kappa shape index (κ1) is 19.4. The Kier molecular flexibility index (Phi) is 6.96. The third kappa shape index (κ3) is 7.23. The average Bonchev–Trinajstić information content (AvgIpc) is 2.58. The second-order valence-electron chi connectivity index (χ2n) is 5.93. The normalized spacial score (nSPS) is 11.3. The van der Waals surface area contributed by atoms with Crippen molar-refractivity contribution >= 4 is 27.3 Å². The number of sulfone groups is 1. The van der Waals surface area contributed by atoms with Crippen LogP contribution in [-0.4, -0.2) is 42.8 Å². The van der Waals surface area contributed by atoms with E-state index >= 15 is 0 Å². The molecular weight excluding hydrogens is 360 g/mol. The van der Waals surface area contributed by atoms with Crippen LogP contribution in [-0.2, 0) is 27.6 Å². The molecule has 0 atom stereocenters. The molecule has 0 saturated heterocycles. The standard InChI is InChI=1S/C18H21ClN2O3S/c1-25(23,24)12-9-18(22)21(14-16-3-2-10-20-13-16)11-8-15-4-6-17(19)7-5-15/h2-7,10,13H,8-9,11-12,14H2,1H3. The molecule has 0 fully saturated rings. The molecule has 0 spiro atoms. The van der Waals surface area contributed by atoms with Gasteiger partial charge in [0.2, 0.25) is 5.91 Å². The molecule has 0 aliphatic rings. The SMILES string of the molecule is CS(=O)(=O)CCC(=O)N(CCc1ccc(Cl)cc1)Cc1cccnc1. The van der Waals surface area contributed by atoms with Crippen molar-refractivity contribution in [3.63, 3.8) is 0 Å². The van der Waals surface area contributed by atoms with Crippen molar-refractivity contribution in [3.8, 4) is 0 Å². The number of nitrogens with zero attached hydrogens (tertiary/aromatic N) is 2. The zero-order valence-electron chi connectivity index (χ0n) is 14.1. The van der Waals surface area contributed by atoms with E-state index < -0.39 is 9.84 Å². The summed E-state index contributed by atoms with van der Waals surface area (Å²) in [6.07, 6.45) is 5.17. The lowest BCUT2D eigenvalue weighted by Crippen LogP contribution is -2.33. The van der Waals surface area contributed by atoms with Crippen LogP contribution in [0.3, 0.4) is 0 Å². The Balaban J connectivity index is 2.05. The maximum absolute atomic E-state index is 12.5. The second-order valence-corrected chi connectivity index (χ2v) is 8.63. The van der Waals surface area contributed by atoms with Crippen LogP contribution in [0.4, 0.5) is 0 Å². The zero-order valence-corrected chi connectivity index (χ0v) is 15.6. The molecule has 1 aromatic carbocycles. The first-order chi connectivity index (χ1) is 11.8. The number of carbonyl (C=O) groups excluding carboxylic acids is 1. The Labute approximate surface area is 153 Å². The van der Waals surface area contributed by atoms with Crippen molar-refractivity contribution < 1.29 is 13.2 Å². The second kappa shape index (κ2) is 8.97. The molecule has 2 rings (SSSR count). The number of hydrogen-bond acceptors (Lipinski definition) is 4. The molecule has 0 N–H and O–H groups in total. The molecule has 1 heterocycles. The lowest BCUT2D eigenvalue weighted by molar-refractivity contribution is -0.131. The quantitative estimate of drug-likeness (QED) is 0.706. The predicted octanol–water partition coefficient (Wildman–Crippen LogP) is 2.74. The van der Waals surface area contributed by atoms with Crippen LogP contribution in [0.15, 0.2) is 48.8 Å². The number of benzene rings is 1. The number of carbonyl (C=O) groups is 1. The Morgan fingerprint density at radius 2 is 1.88 bits per heavy atom. The van der Waals surface area contributed by atoms with Crippen molar-refractivity contribution in [3.05, 3.63) is 64.9 Å². The molecule has 0 bridgehead atoms. The lowest BCUT2D eigenvalue weighted by atomic mass is 10.1. The van der Waals surface area contributed by atoms with Gasteiger partial charge in [-0.2, -0.15) is 0 Å². The minimum Gasteiger partial charge on any atom is -0.338 e. The average molecular weight is 381 g/mol. The van der Waals surface area contributed by atoms with Crippen LogP contribution in [0.2, 0.25) is 5.02 Å². The fourth-order valence-corrected chi connectivity index (χ4v) is 3.02. The highest BCUT2D eigenvalue weighted by atomic mass is 35.5. The van der Waals surface area contributed by atoms with E-state index in [0.29, 0.717) is 24.5 Å². The van der Waals surface area contributed by atoms with Gasteiger partial charge in [0.1, 0.15) is 9.84 Å². The number of hydrogen-bond donors (Lipinski definition) is 0. The summed E-state index contributed by atoms with van der Waals surface area (Å²) in [6, 6.07) is 11.2. The largest absolute Gasteiger partial charge is 0.338 e. The highest BCUT2D eigenvalue weighted by Crippen LogP contribution is 2.12. The topological polar surface area (TPSA) is 67.3 Å². The summed E-state index contributed by atoms with van der Waals surface area (Å²) < 4.78 is 22.7. The third-order valence-corrected chi connectivity index (χ3v) is 4.92. The zero-order chi connectivity index (χ0) is 18.3.